The molecule has 1 amide bonds. The van der Waals surface area contributed by atoms with Crippen LogP contribution in [0.1, 0.15) is 35.3 Å². The molecule has 1 atom stereocenters. The first-order valence-electron chi connectivity index (χ1n) is 11.8. The number of hydrogen-bond donors (Lipinski definition) is 2. The number of aryl methyl sites for hydroxylation is 2. The Morgan fingerprint density at radius 3 is 2.36 bits per heavy atom. The van der Waals surface area contributed by atoms with E-state index in [-0.39, 0.29) is 22.7 Å². The number of benzene rings is 2. The topological polar surface area (TPSA) is 158 Å². The Kier molecular flexibility index (Phi) is 8.35. The van der Waals surface area contributed by atoms with Crippen molar-refractivity contribution in [2.75, 3.05) is 16.3 Å². The molecule has 0 fully saturated rings. The van der Waals surface area contributed by atoms with E-state index in [0.29, 0.717) is 17.3 Å². The molecule has 4 aromatic rings. The lowest BCUT2D eigenvalue weighted by atomic mass is 10.2. The maximum atomic E-state index is 12.8. The molecule has 0 aliphatic rings. The normalized spacial score (nSPS) is 12.1. The molecule has 39 heavy (non-hydrogen) atoms. The van der Waals surface area contributed by atoms with Crippen molar-refractivity contribution in [2.45, 2.75) is 43.3 Å². The number of sulfonamides is 1. The first-order chi connectivity index (χ1) is 18.6. The number of nitrogens with zero attached hydrogens (tertiary/aromatic N) is 4. The van der Waals surface area contributed by atoms with E-state index >= 15 is 0 Å². The van der Waals surface area contributed by atoms with Gasteiger partial charge in [-0.2, -0.15) is 0 Å². The Bertz CT molecular complexity index is 1580. The fourth-order valence-electron chi connectivity index (χ4n) is 3.59. The molecule has 14 heteroatoms. The van der Waals surface area contributed by atoms with Crippen LogP contribution in [0.15, 0.2) is 69.2 Å². The molecular weight excluding hydrogens is 544 g/mol. The lowest BCUT2D eigenvalue weighted by Crippen LogP contribution is -2.32. The van der Waals surface area contributed by atoms with E-state index in [9.17, 15) is 18.0 Å². The molecule has 12 nitrogen and oxygen atoms in total. The third-order valence-electron chi connectivity index (χ3n) is 5.55. The number of rotatable bonds is 10. The summed E-state index contributed by atoms with van der Waals surface area (Å²) >= 11 is 1.45. The summed E-state index contributed by atoms with van der Waals surface area (Å²) in [5.74, 6) is 0.0413. The number of anilines is 2. The Morgan fingerprint density at radius 1 is 1.08 bits per heavy atom. The molecule has 0 spiro atoms. The van der Waals surface area contributed by atoms with Crippen molar-refractivity contribution < 1.29 is 27.3 Å². The van der Waals surface area contributed by atoms with Gasteiger partial charge in [0.05, 0.1) is 10.5 Å². The molecule has 0 bridgehead atoms. The van der Waals surface area contributed by atoms with E-state index in [4.69, 9.17) is 9.26 Å². The van der Waals surface area contributed by atoms with Crippen LogP contribution in [0.4, 0.5) is 11.5 Å². The minimum atomic E-state index is -3.90. The van der Waals surface area contributed by atoms with Crippen molar-refractivity contribution in [2.24, 2.45) is 0 Å². The predicted octanol–water partition coefficient (Wildman–Crippen LogP) is 3.97. The second-order valence-corrected chi connectivity index (χ2v) is 10.8. The second kappa shape index (κ2) is 11.7. The summed E-state index contributed by atoms with van der Waals surface area (Å²) in [7, 11) is -3.90. The summed E-state index contributed by atoms with van der Waals surface area (Å²) in [4.78, 5) is 25.5. The van der Waals surface area contributed by atoms with Crippen LogP contribution in [0.5, 0.6) is 0 Å². The van der Waals surface area contributed by atoms with Gasteiger partial charge in [-0.3, -0.25) is 14.1 Å². The number of carbonyl (C=O) groups excluding carboxylic acids is 2. The SMILES string of the molecule is CCC(OC(=O)c1ccc(-n2c(C)nnc2SC)cc1)C(=O)Nc1ccc(S(=O)(=O)Nc2cc(C)on2)cc1. The number of hydrogen-bond acceptors (Lipinski definition) is 10. The summed E-state index contributed by atoms with van der Waals surface area (Å²) in [5, 5.41) is 15.2. The fraction of sp³-hybridized carbons (Fsp3) is 0.240. The minimum absolute atomic E-state index is 0.0330. The number of nitrogens with one attached hydrogen (secondary N) is 2. The molecule has 2 aromatic heterocycles. The smallest absolute Gasteiger partial charge is 0.338 e. The van der Waals surface area contributed by atoms with Crippen LogP contribution in [-0.4, -0.2) is 52.6 Å². The molecule has 0 aliphatic carbocycles. The summed E-state index contributed by atoms with van der Waals surface area (Å²) in [6, 6.07) is 13.7. The van der Waals surface area contributed by atoms with Crippen molar-refractivity contribution in [1.29, 1.82) is 0 Å². The van der Waals surface area contributed by atoms with Crippen molar-refractivity contribution in [1.82, 2.24) is 19.9 Å². The van der Waals surface area contributed by atoms with Gasteiger partial charge < -0.3 is 14.6 Å². The van der Waals surface area contributed by atoms with Crippen molar-refractivity contribution in [3.63, 3.8) is 0 Å². The van der Waals surface area contributed by atoms with Gasteiger partial charge in [0.25, 0.3) is 15.9 Å². The molecule has 0 saturated carbocycles. The second-order valence-electron chi connectivity index (χ2n) is 8.36. The van der Waals surface area contributed by atoms with Crippen LogP contribution in [0.2, 0.25) is 0 Å². The number of esters is 1. The largest absolute Gasteiger partial charge is 0.449 e. The number of carbonyl (C=O) groups is 2. The molecular formula is C25H26N6O6S2. The van der Waals surface area contributed by atoms with E-state index < -0.39 is 28.0 Å². The monoisotopic (exact) mass is 570 g/mol. The van der Waals surface area contributed by atoms with Gasteiger partial charge in [-0.1, -0.05) is 23.8 Å². The van der Waals surface area contributed by atoms with Gasteiger partial charge in [0.15, 0.2) is 17.1 Å². The van der Waals surface area contributed by atoms with Gasteiger partial charge in [0.2, 0.25) is 0 Å². The molecule has 4 rings (SSSR count). The summed E-state index contributed by atoms with van der Waals surface area (Å²) < 4.78 is 39.6. The summed E-state index contributed by atoms with van der Waals surface area (Å²) in [5.41, 5.74) is 1.41. The summed E-state index contributed by atoms with van der Waals surface area (Å²) in [6.07, 6.45) is 1.08. The van der Waals surface area contributed by atoms with Crippen molar-refractivity contribution in [3.8, 4) is 5.69 Å². The highest BCUT2D eigenvalue weighted by atomic mass is 32.2. The Balaban J connectivity index is 1.38. The van der Waals surface area contributed by atoms with E-state index in [1.807, 2.05) is 17.7 Å². The number of aromatic nitrogens is 4. The van der Waals surface area contributed by atoms with E-state index in [1.54, 1.807) is 38.1 Å². The van der Waals surface area contributed by atoms with Gasteiger partial charge in [-0.15, -0.1) is 10.2 Å². The van der Waals surface area contributed by atoms with Gasteiger partial charge in [-0.25, -0.2) is 13.2 Å². The zero-order valence-electron chi connectivity index (χ0n) is 21.5. The zero-order chi connectivity index (χ0) is 28.2. The van der Waals surface area contributed by atoms with Crippen LogP contribution in [0, 0.1) is 13.8 Å². The molecule has 2 heterocycles. The quantitative estimate of drug-likeness (QED) is 0.211. The molecule has 0 radical (unpaired) electrons. The zero-order valence-corrected chi connectivity index (χ0v) is 23.2. The Morgan fingerprint density at radius 2 is 1.77 bits per heavy atom. The van der Waals surface area contributed by atoms with E-state index in [0.717, 1.165) is 10.8 Å². The van der Waals surface area contributed by atoms with Gasteiger partial charge in [0, 0.05) is 17.4 Å². The Hall–Kier alpha value is -4.17. The van der Waals surface area contributed by atoms with Crippen LogP contribution in [0.25, 0.3) is 5.69 Å². The van der Waals surface area contributed by atoms with Crippen LogP contribution < -0.4 is 10.0 Å². The lowest BCUT2D eigenvalue weighted by molar-refractivity contribution is -0.124. The molecule has 1 unspecified atom stereocenters. The van der Waals surface area contributed by atoms with Crippen molar-refractivity contribution in [3.05, 3.63) is 71.7 Å². The molecule has 0 saturated heterocycles. The third kappa shape index (κ3) is 6.46. The van der Waals surface area contributed by atoms with Gasteiger partial charge in [0.1, 0.15) is 11.6 Å². The number of amides is 1. The fourth-order valence-corrected chi connectivity index (χ4v) is 5.12. The highest BCUT2D eigenvalue weighted by Crippen LogP contribution is 2.21. The van der Waals surface area contributed by atoms with Gasteiger partial charge >= 0.3 is 5.97 Å². The maximum absolute atomic E-state index is 12.8. The minimum Gasteiger partial charge on any atom is -0.449 e. The molecule has 0 aliphatic heterocycles. The number of ether oxygens (including phenoxy) is 1. The highest BCUT2D eigenvalue weighted by Gasteiger charge is 2.23. The average Bonchev–Trinajstić information content (AvgIpc) is 3.51. The lowest BCUT2D eigenvalue weighted by Gasteiger charge is -2.16. The average molecular weight is 571 g/mol. The Labute approximate surface area is 229 Å². The first-order valence-corrected chi connectivity index (χ1v) is 14.5. The van der Waals surface area contributed by atoms with E-state index in [1.165, 1.54) is 42.1 Å². The first kappa shape index (κ1) is 27.9. The maximum Gasteiger partial charge on any atom is 0.338 e. The summed E-state index contributed by atoms with van der Waals surface area (Å²) in [6.45, 7) is 5.19. The van der Waals surface area contributed by atoms with Crippen LogP contribution in [-0.2, 0) is 19.6 Å². The van der Waals surface area contributed by atoms with E-state index in [2.05, 4.69) is 25.4 Å². The highest BCUT2D eigenvalue weighted by molar-refractivity contribution is 7.98. The standard InChI is InChI=1S/C25H26N6O6S2/c1-5-21(36-24(33)17-6-10-19(11-7-17)31-16(3)27-28-25(31)38-4)23(32)26-18-8-12-20(13-9-18)39(34,35)30-22-14-15(2)37-29-22/h6-14,21H,5H2,1-4H3,(H,26,32)(H,29,30). The molecule has 2 N–H and O–H groups in total. The third-order valence-corrected chi connectivity index (χ3v) is 7.55. The predicted molar refractivity (Wildman–Crippen MR) is 144 cm³/mol. The number of thioether (sulfide) groups is 1. The van der Waals surface area contributed by atoms with Crippen molar-refractivity contribution >= 4 is 45.2 Å². The molecule has 2 aromatic carbocycles. The van der Waals surface area contributed by atoms with Crippen LogP contribution in [0.3, 0.4) is 0 Å². The van der Waals surface area contributed by atoms with Crippen LogP contribution >= 0.6 is 11.8 Å². The molecule has 204 valence electrons. The van der Waals surface area contributed by atoms with Gasteiger partial charge in [-0.05, 0) is 75.1 Å².